The molecule has 9 heteroatoms. The van der Waals surface area contributed by atoms with Crippen LogP contribution in [0.1, 0.15) is 25.7 Å². The van der Waals surface area contributed by atoms with Crippen molar-refractivity contribution in [3.05, 3.63) is 18.3 Å². The Hall–Kier alpha value is -1.35. The summed E-state index contributed by atoms with van der Waals surface area (Å²) in [5, 5.41) is 0. The maximum atomic E-state index is 12.9. The van der Waals surface area contributed by atoms with Gasteiger partial charge in [-0.3, -0.25) is 4.90 Å². The number of piperidine rings is 1. The summed E-state index contributed by atoms with van der Waals surface area (Å²) >= 11 is 0. The first-order chi connectivity index (χ1) is 11.3. The second-order valence-electron chi connectivity index (χ2n) is 6.35. The molecule has 134 valence electrons. The van der Waals surface area contributed by atoms with Gasteiger partial charge in [-0.15, -0.1) is 0 Å². The first-order valence-corrected chi connectivity index (χ1v) is 9.56. The maximum Gasteiger partial charge on any atom is 0.395 e. The van der Waals surface area contributed by atoms with Gasteiger partial charge in [0.2, 0.25) is 10.0 Å². The number of nitrogens with zero attached hydrogens (tertiary/aromatic N) is 2. The molecule has 0 unspecified atom stereocenters. The van der Waals surface area contributed by atoms with Crippen LogP contribution in [-0.4, -0.2) is 45.1 Å². The van der Waals surface area contributed by atoms with Crippen LogP contribution in [0.15, 0.2) is 23.2 Å². The zero-order valence-corrected chi connectivity index (χ0v) is 14.0. The maximum absolute atomic E-state index is 12.9. The first-order valence-electron chi connectivity index (χ1n) is 8.12. The Kier molecular flexibility index (Phi) is 4.74. The molecule has 0 aromatic carbocycles. The third kappa shape index (κ3) is 3.51. The highest BCUT2D eigenvalue weighted by Crippen LogP contribution is 2.34. The van der Waals surface area contributed by atoms with Crippen molar-refractivity contribution in [3.63, 3.8) is 0 Å². The molecule has 2 aliphatic heterocycles. The lowest BCUT2D eigenvalue weighted by atomic mass is 9.97. The van der Waals surface area contributed by atoms with Crippen LogP contribution in [-0.2, 0) is 10.0 Å². The molecule has 2 fully saturated rings. The molecule has 3 rings (SSSR count). The fourth-order valence-corrected chi connectivity index (χ4v) is 4.79. The van der Waals surface area contributed by atoms with Crippen molar-refractivity contribution in [2.24, 2.45) is 5.92 Å². The highest BCUT2D eigenvalue weighted by Gasteiger charge is 2.44. The van der Waals surface area contributed by atoms with E-state index in [9.17, 15) is 21.6 Å². The summed E-state index contributed by atoms with van der Waals surface area (Å²) in [5.41, 5.74) is 0. The van der Waals surface area contributed by atoms with Crippen LogP contribution < -0.4 is 9.88 Å². The normalized spacial score (nSPS) is 23.6. The molecule has 1 atom stereocenters. The van der Waals surface area contributed by atoms with Gasteiger partial charge in [-0.2, -0.15) is 17.5 Å². The predicted molar refractivity (Wildman–Crippen MR) is 82.0 cm³/mol. The van der Waals surface area contributed by atoms with E-state index in [1.807, 2.05) is 0 Å². The van der Waals surface area contributed by atoms with E-state index >= 15 is 0 Å². The van der Waals surface area contributed by atoms with Gasteiger partial charge in [0, 0.05) is 19.2 Å². The number of aromatic nitrogens is 1. The molecule has 0 radical (unpaired) electrons. The Labute approximate surface area is 139 Å². The van der Waals surface area contributed by atoms with Crippen molar-refractivity contribution >= 4 is 15.8 Å². The molecule has 0 amide bonds. The van der Waals surface area contributed by atoms with Gasteiger partial charge >= 0.3 is 6.18 Å². The summed E-state index contributed by atoms with van der Waals surface area (Å²) in [6, 6.07) is 3.03. The van der Waals surface area contributed by atoms with Gasteiger partial charge in [-0.05, 0) is 31.7 Å². The minimum Gasteiger partial charge on any atom is -0.261 e. The Balaban J connectivity index is 1.75. The number of halogens is 3. The number of H-pyrrole nitrogens is 1. The van der Waals surface area contributed by atoms with Crippen LogP contribution >= 0.6 is 0 Å². The Morgan fingerprint density at radius 2 is 1.79 bits per heavy atom. The second kappa shape index (κ2) is 6.51. The molecule has 1 aromatic heterocycles. The van der Waals surface area contributed by atoms with Gasteiger partial charge in [-0.1, -0.05) is 0 Å². The molecule has 3 heterocycles. The highest BCUT2D eigenvalue weighted by molar-refractivity contribution is 7.89. The second-order valence-corrected chi connectivity index (χ2v) is 8.29. The molecule has 5 nitrogen and oxygen atoms in total. The number of anilines is 1. The number of sulfonamides is 1. The van der Waals surface area contributed by atoms with Crippen LogP contribution in [0.3, 0.4) is 0 Å². The zero-order chi connectivity index (χ0) is 17.4. The van der Waals surface area contributed by atoms with Crippen molar-refractivity contribution in [1.82, 2.24) is 4.31 Å². The molecule has 0 aliphatic carbocycles. The van der Waals surface area contributed by atoms with Crippen LogP contribution in [0.4, 0.5) is 19.0 Å². The molecule has 0 saturated carbocycles. The van der Waals surface area contributed by atoms with Crippen LogP contribution in [0.25, 0.3) is 0 Å². The highest BCUT2D eigenvalue weighted by atomic mass is 32.2. The van der Waals surface area contributed by atoms with Crippen LogP contribution in [0, 0.1) is 5.92 Å². The molecule has 1 N–H and O–H groups in total. The van der Waals surface area contributed by atoms with E-state index in [1.54, 1.807) is 11.0 Å². The Bertz CT molecular complexity index is 670. The fourth-order valence-electron chi connectivity index (χ4n) is 3.30. The fraction of sp³-hybridized carbons (Fsp3) is 0.667. The quantitative estimate of drug-likeness (QED) is 0.825. The van der Waals surface area contributed by atoms with E-state index in [1.165, 1.54) is 16.6 Å². The molecule has 0 spiro atoms. The van der Waals surface area contributed by atoms with E-state index in [0.29, 0.717) is 31.9 Å². The molecular formula is C15H21F3N3O2S+. The van der Waals surface area contributed by atoms with Crippen molar-refractivity contribution < 1.29 is 26.6 Å². The van der Waals surface area contributed by atoms with Gasteiger partial charge in [-0.25, -0.2) is 13.4 Å². The number of aromatic amines is 1. The number of hydrogen-bond acceptors (Lipinski definition) is 3. The molecule has 2 aliphatic rings. The van der Waals surface area contributed by atoms with Gasteiger partial charge in [0.1, 0.15) is 11.1 Å². The minimum absolute atomic E-state index is 0.0990. The number of pyridine rings is 1. The third-order valence-corrected chi connectivity index (χ3v) is 6.59. The van der Waals surface area contributed by atoms with Gasteiger partial charge < -0.3 is 0 Å². The minimum atomic E-state index is -4.20. The number of alkyl halides is 3. The van der Waals surface area contributed by atoms with E-state index in [4.69, 9.17) is 0 Å². The molecule has 2 saturated heterocycles. The number of rotatable bonds is 3. The van der Waals surface area contributed by atoms with Crippen molar-refractivity contribution in [2.45, 2.75) is 36.8 Å². The number of nitrogens with one attached hydrogen (secondary N) is 1. The van der Waals surface area contributed by atoms with Gasteiger partial charge in [0.05, 0.1) is 19.0 Å². The van der Waals surface area contributed by atoms with Crippen molar-refractivity contribution in [1.29, 1.82) is 0 Å². The lowest BCUT2D eigenvalue weighted by Crippen LogP contribution is -2.43. The lowest BCUT2D eigenvalue weighted by Gasteiger charge is -2.29. The first kappa shape index (κ1) is 17.5. The molecule has 0 bridgehead atoms. The Morgan fingerprint density at radius 3 is 2.38 bits per heavy atom. The summed E-state index contributed by atoms with van der Waals surface area (Å²) < 4.78 is 65.0. The van der Waals surface area contributed by atoms with E-state index < -0.39 is 22.1 Å². The largest absolute Gasteiger partial charge is 0.395 e. The summed E-state index contributed by atoms with van der Waals surface area (Å²) in [5.74, 6) is -0.822. The SMILES string of the molecule is O=S(=O)(c1ccc(N2CCC[C@H](C(F)(F)F)C2)[nH+]c1)N1CCCC1. The lowest BCUT2D eigenvalue weighted by molar-refractivity contribution is -0.367. The average molecular weight is 364 g/mol. The van der Waals surface area contributed by atoms with Gasteiger partial charge in [0.25, 0.3) is 5.82 Å². The van der Waals surface area contributed by atoms with Crippen LogP contribution in [0.2, 0.25) is 0 Å². The Morgan fingerprint density at radius 1 is 1.08 bits per heavy atom. The molecule has 1 aromatic rings. The van der Waals surface area contributed by atoms with Gasteiger partial charge in [0.15, 0.2) is 0 Å². The summed E-state index contributed by atoms with van der Waals surface area (Å²) in [6.07, 6.45) is -0.508. The monoisotopic (exact) mass is 364 g/mol. The van der Waals surface area contributed by atoms with Crippen LogP contribution in [0.5, 0.6) is 0 Å². The summed E-state index contributed by atoms with van der Waals surface area (Å²) in [7, 11) is -3.52. The zero-order valence-electron chi connectivity index (χ0n) is 13.2. The smallest absolute Gasteiger partial charge is 0.261 e. The van der Waals surface area contributed by atoms with E-state index in [-0.39, 0.29) is 17.9 Å². The predicted octanol–water partition coefficient (Wildman–Crippen LogP) is 2.06. The third-order valence-electron chi connectivity index (χ3n) is 4.70. The van der Waals surface area contributed by atoms with Crippen molar-refractivity contribution in [3.8, 4) is 0 Å². The summed E-state index contributed by atoms with van der Waals surface area (Å²) in [4.78, 5) is 4.64. The number of hydrogen-bond donors (Lipinski definition) is 0. The standard InChI is InChI=1S/C15H20F3N3O2S/c16-15(17,18)12-4-3-7-20(11-12)14-6-5-13(10-19-14)24(22,23)21-8-1-2-9-21/h5-6,10,12H,1-4,7-9,11H2/p+1/t12-/m0/s1. The topological polar surface area (TPSA) is 54.8 Å². The van der Waals surface area contributed by atoms with Crippen molar-refractivity contribution in [2.75, 3.05) is 31.1 Å². The summed E-state index contributed by atoms with van der Waals surface area (Å²) in [6.45, 7) is 1.46. The average Bonchev–Trinajstić information content (AvgIpc) is 3.10. The molecule has 24 heavy (non-hydrogen) atoms. The van der Waals surface area contributed by atoms with E-state index in [0.717, 1.165) is 12.8 Å². The molecular weight excluding hydrogens is 343 g/mol. The van der Waals surface area contributed by atoms with E-state index in [2.05, 4.69) is 4.98 Å².